The quantitative estimate of drug-likeness (QED) is 0.521. The second-order valence-electron chi connectivity index (χ2n) is 4.23. The van der Waals surface area contributed by atoms with Gasteiger partial charge in [-0.05, 0) is 13.0 Å². The zero-order chi connectivity index (χ0) is 12.1. The molecular formula is C10H19N5O2. The summed E-state index contributed by atoms with van der Waals surface area (Å²) in [6.07, 6.45) is 0.906. The summed E-state index contributed by atoms with van der Waals surface area (Å²) in [6.45, 7) is 5.21. The number of hydrogen-bond donors (Lipinski definition) is 3. The maximum Gasteiger partial charge on any atom is 0.318 e. The van der Waals surface area contributed by atoms with E-state index in [-0.39, 0.29) is 12.1 Å². The van der Waals surface area contributed by atoms with Crippen molar-refractivity contribution in [1.82, 2.24) is 25.8 Å². The molecule has 0 aliphatic carbocycles. The molecule has 0 unspecified atom stereocenters. The Kier molecular flexibility index (Phi) is 4.03. The van der Waals surface area contributed by atoms with Crippen molar-refractivity contribution in [3.05, 3.63) is 0 Å². The Morgan fingerprint density at radius 2 is 1.71 bits per heavy atom. The SMILES string of the molecule is O=C1NCCN1CCCNCN1CCNC1=O. The molecule has 2 saturated heterocycles. The average molecular weight is 241 g/mol. The molecule has 2 rings (SSSR count). The van der Waals surface area contributed by atoms with Crippen molar-refractivity contribution in [2.24, 2.45) is 0 Å². The van der Waals surface area contributed by atoms with Crippen LogP contribution in [0.5, 0.6) is 0 Å². The van der Waals surface area contributed by atoms with Gasteiger partial charge in [0.2, 0.25) is 0 Å². The van der Waals surface area contributed by atoms with Crippen molar-refractivity contribution in [1.29, 1.82) is 0 Å². The van der Waals surface area contributed by atoms with Gasteiger partial charge in [0.1, 0.15) is 0 Å². The third kappa shape index (κ3) is 3.23. The van der Waals surface area contributed by atoms with Gasteiger partial charge in [-0.25, -0.2) is 9.59 Å². The van der Waals surface area contributed by atoms with Crippen molar-refractivity contribution in [2.45, 2.75) is 6.42 Å². The first-order valence-corrected chi connectivity index (χ1v) is 6.03. The molecule has 7 nitrogen and oxygen atoms in total. The second kappa shape index (κ2) is 5.72. The van der Waals surface area contributed by atoms with Crippen LogP contribution in [0.4, 0.5) is 9.59 Å². The fourth-order valence-corrected chi connectivity index (χ4v) is 2.00. The Bertz CT molecular complexity index is 268. The second-order valence-corrected chi connectivity index (χ2v) is 4.23. The molecule has 7 heteroatoms. The van der Waals surface area contributed by atoms with Crippen LogP contribution in [-0.4, -0.2) is 67.8 Å². The van der Waals surface area contributed by atoms with Crippen molar-refractivity contribution in [3.8, 4) is 0 Å². The summed E-state index contributed by atoms with van der Waals surface area (Å²) < 4.78 is 0. The molecule has 2 aliphatic rings. The summed E-state index contributed by atoms with van der Waals surface area (Å²) >= 11 is 0. The molecule has 2 aliphatic heterocycles. The molecule has 4 amide bonds. The van der Waals surface area contributed by atoms with E-state index in [2.05, 4.69) is 16.0 Å². The molecule has 2 heterocycles. The van der Waals surface area contributed by atoms with Gasteiger partial charge in [0, 0.05) is 32.7 Å². The minimum atomic E-state index is -0.00331. The van der Waals surface area contributed by atoms with Gasteiger partial charge in [-0.15, -0.1) is 0 Å². The Balaban J connectivity index is 1.51. The van der Waals surface area contributed by atoms with E-state index < -0.39 is 0 Å². The van der Waals surface area contributed by atoms with Crippen molar-refractivity contribution < 1.29 is 9.59 Å². The van der Waals surface area contributed by atoms with Gasteiger partial charge in [0.05, 0.1) is 6.67 Å². The predicted molar refractivity (Wildman–Crippen MR) is 62.6 cm³/mol. The predicted octanol–water partition coefficient (Wildman–Crippen LogP) is -1.03. The Morgan fingerprint density at radius 3 is 2.29 bits per heavy atom. The molecule has 3 N–H and O–H groups in total. The highest BCUT2D eigenvalue weighted by Crippen LogP contribution is 1.98. The lowest BCUT2D eigenvalue weighted by molar-refractivity contribution is 0.212. The standard InChI is InChI=1S/C10H19N5O2/c16-9-12-3-6-14(9)5-1-2-11-8-15-7-4-13-10(15)17/h11H,1-8H2,(H,12,16)(H,13,17). The van der Waals surface area contributed by atoms with Crippen LogP contribution < -0.4 is 16.0 Å². The van der Waals surface area contributed by atoms with Crippen molar-refractivity contribution in [2.75, 3.05) is 45.9 Å². The van der Waals surface area contributed by atoms with Crippen LogP contribution >= 0.6 is 0 Å². The molecule has 0 aromatic rings. The summed E-state index contributed by atoms with van der Waals surface area (Å²) in [5.41, 5.74) is 0. The van der Waals surface area contributed by atoms with Crippen LogP contribution in [0.25, 0.3) is 0 Å². The molecule has 17 heavy (non-hydrogen) atoms. The summed E-state index contributed by atoms with van der Waals surface area (Å²) in [7, 11) is 0. The maximum atomic E-state index is 11.2. The molecule has 0 bridgehead atoms. The molecule has 0 aromatic heterocycles. The molecule has 0 spiro atoms. The molecule has 0 aromatic carbocycles. The summed E-state index contributed by atoms with van der Waals surface area (Å²) in [6, 6.07) is 0.0281. The van der Waals surface area contributed by atoms with E-state index in [9.17, 15) is 9.59 Å². The number of carbonyl (C=O) groups excluding carboxylic acids is 2. The largest absolute Gasteiger partial charge is 0.336 e. The molecule has 0 radical (unpaired) electrons. The van der Waals surface area contributed by atoms with E-state index in [1.165, 1.54) is 0 Å². The van der Waals surface area contributed by atoms with Crippen LogP contribution in [0.1, 0.15) is 6.42 Å². The fourth-order valence-electron chi connectivity index (χ4n) is 2.00. The van der Waals surface area contributed by atoms with E-state index in [0.717, 1.165) is 45.7 Å². The number of rotatable bonds is 6. The minimum Gasteiger partial charge on any atom is -0.336 e. The molecule has 0 saturated carbocycles. The zero-order valence-electron chi connectivity index (χ0n) is 9.87. The number of amides is 4. The summed E-state index contributed by atoms with van der Waals surface area (Å²) in [5, 5.41) is 8.72. The Labute approximate surface area is 101 Å². The topological polar surface area (TPSA) is 76.7 Å². The van der Waals surface area contributed by atoms with Gasteiger partial charge in [0.15, 0.2) is 0 Å². The first-order chi connectivity index (χ1) is 8.27. The lowest BCUT2D eigenvalue weighted by atomic mass is 10.4. The minimum absolute atomic E-state index is 0.00331. The molecule has 0 atom stereocenters. The number of hydrogen-bond acceptors (Lipinski definition) is 3. The number of nitrogens with zero attached hydrogens (tertiary/aromatic N) is 2. The van der Waals surface area contributed by atoms with E-state index in [0.29, 0.717) is 6.67 Å². The third-order valence-electron chi connectivity index (χ3n) is 2.97. The monoisotopic (exact) mass is 241 g/mol. The van der Waals surface area contributed by atoms with Gasteiger partial charge in [-0.1, -0.05) is 0 Å². The van der Waals surface area contributed by atoms with Crippen LogP contribution in [0.15, 0.2) is 0 Å². The lowest BCUT2D eigenvalue weighted by Crippen LogP contribution is -2.38. The third-order valence-corrected chi connectivity index (χ3v) is 2.97. The number of urea groups is 2. The molecular weight excluding hydrogens is 222 g/mol. The maximum absolute atomic E-state index is 11.2. The Morgan fingerprint density at radius 1 is 1.06 bits per heavy atom. The summed E-state index contributed by atoms with van der Waals surface area (Å²) in [5.74, 6) is 0. The van der Waals surface area contributed by atoms with E-state index >= 15 is 0 Å². The van der Waals surface area contributed by atoms with Gasteiger partial charge in [-0.3, -0.25) is 5.32 Å². The van der Waals surface area contributed by atoms with Gasteiger partial charge in [-0.2, -0.15) is 0 Å². The highest BCUT2D eigenvalue weighted by atomic mass is 16.2. The summed E-state index contributed by atoms with van der Waals surface area (Å²) in [4.78, 5) is 26.0. The van der Waals surface area contributed by atoms with Crippen LogP contribution in [0.3, 0.4) is 0 Å². The highest BCUT2D eigenvalue weighted by Gasteiger charge is 2.19. The van der Waals surface area contributed by atoms with Gasteiger partial charge >= 0.3 is 12.1 Å². The molecule has 96 valence electrons. The number of carbonyl (C=O) groups is 2. The number of nitrogens with one attached hydrogen (secondary N) is 3. The molecule has 2 fully saturated rings. The average Bonchev–Trinajstić information content (AvgIpc) is 2.89. The van der Waals surface area contributed by atoms with Crippen molar-refractivity contribution >= 4 is 12.1 Å². The van der Waals surface area contributed by atoms with E-state index in [1.54, 1.807) is 4.90 Å². The van der Waals surface area contributed by atoms with Crippen molar-refractivity contribution in [3.63, 3.8) is 0 Å². The van der Waals surface area contributed by atoms with Gasteiger partial charge < -0.3 is 20.4 Å². The van der Waals surface area contributed by atoms with E-state index in [1.807, 2.05) is 4.90 Å². The zero-order valence-corrected chi connectivity index (χ0v) is 9.87. The fraction of sp³-hybridized carbons (Fsp3) is 0.800. The normalized spacial score (nSPS) is 19.8. The highest BCUT2D eigenvalue weighted by molar-refractivity contribution is 5.76. The van der Waals surface area contributed by atoms with E-state index in [4.69, 9.17) is 0 Å². The first-order valence-electron chi connectivity index (χ1n) is 6.03. The lowest BCUT2D eigenvalue weighted by Gasteiger charge is -2.16. The smallest absolute Gasteiger partial charge is 0.318 e. The first kappa shape index (κ1) is 12.0. The van der Waals surface area contributed by atoms with Crippen LogP contribution in [-0.2, 0) is 0 Å². The Hall–Kier alpha value is -1.50. The van der Waals surface area contributed by atoms with Gasteiger partial charge in [0.25, 0.3) is 0 Å². The van der Waals surface area contributed by atoms with Crippen LogP contribution in [0, 0.1) is 0 Å². The van der Waals surface area contributed by atoms with Crippen LogP contribution in [0.2, 0.25) is 0 Å².